The Bertz CT molecular complexity index is 582. The molecule has 0 radical (unpaired) electrons. The molecule has 0 atom stereocenters. The molecular weight excluding hydrogens is 327 g/mol. The first kappa shape index (κ1) is 18.4. The van der Waals surface area contributed by atoms with Gasteiger partial charge in [0.25, 0.3) is 0 Å². The molecule has 1 saturated heterocycles. The third-order valence-corrected chi connectivity index (χ3v) is 5.12. The van der Waals surface area contributed by atoms with Gasteiger partial charge in [0.05, 0.1) is 6.42 Å². The zero-order valence-corrected chi connectivity index (χ0v) is 15.6. The maximum atomic E-state index is 5.98. The van der Waals surface area contributed by atoms with E-state index in [-0.39, 0.29) is 17.9 Å². The predicted octanol–water partition coefficient (Wildman–Crippen LogP) is 1.48. The molecule has 23 heavy (non-hydrogen) atoms. The topological polar surface area (TPSA) is 6.25 Å². The number of hydrogen-bond donors (Lipinski definition) is 0. The van der Waals surface area contributed by atoms with Gasteiger partial charge in [0, 0.05) is 49.3 Å². The highest BCUT2D eigenvalue weighted by Crippen LogP contribution is 2.28. The van der Waals surface area contributed by atoms with Gasteiger partial charge in [0.1, 0.15) is 0 Å². The largest absolute Gasteiger partial charge is 1.00 e. The van der Waals surface area contributed by atoms with Gasteiger partial charge in [-0.2, -0.15) is 0 Å². The molecule has 0 aromatic heterocycles. The molecule has 2 heterocycles. The van der Waals surface area contributed by atoms with Gasteiger partial charge < -0.3 is 17.3 Å². The minimum Gasteiger partial charge on any atom is -1.00 e. The standard InChI is InChI=1S/C19H26ClN2.ClH/c1-19(2)14-18(21-11-4-3-5-12-21)10-13-22(19)15-16-6-8-17(20)9-7-16;/h6-10,13H,3-5,11-12,14-15H2,1-2H3;1H/q+1;/p-1. The second-order valence-electron chi connectivity index (χ2n) is 7.10. The van der Waals surface area contributed by atoms with Gasteiger partial charge in [-0.3, -0.25) is 0 Å². The summed E-state index contributed by atoms with van der Waals surface area (Å²) in [6, 6.07) is 8.19. The summed E-state index contributed by atoms with van der Waals surface area (Å²) in [5.41, 5.74) is 2.97. The number of piperidine rings is 1. The van der Waals surface area contributed by atoms with Crippen LogP contribution in [0.5, 0.6) is 0 Å². The monoisotopic (exact) mass is 352 g/mol. The minimum absolute atomic E-state index is 0. The Hall–Kier alpha value is -0.990. The summed E-state index contributed by atoms with van der Waals surface area (Å²) in [4.78, 5) is 2.58. The molecule has 0 bridgehead atoms. The number of rotatable bonds is 3. The van der Waals surface area contributed by atoms with Crippen LogP contribution in [0.4, 0.5) is 0 Å². The van der Waals surface area contributed by atoms with Crippen molar-refractivity contribution in [3.8, 4) is 0 Å². The smallest absolute Gasteiger partial charge is 0.168 e. The fraction of sp³-hybridized carbons (Fsp3) is 0.526. The van der Waals surface area contributed by atoms with Crippen LogP contribution < -0.4 is 12.4 Å². The zero-order chi connectivity index (χ0) is 15.6. The predicted molar refractivity (Wildman–Crippen MR) is 93.7 cm³/mol. The number of allylic oxidation sites excluding steroid dienone is 1. The van der Waals surface area contributed by atoms with E-state index in [1.54, 1.807) is 0 Å². The highest BCUT2D eigenvalue weighted by Gasteiger charge is 2.35. The van der Waals surface area contributed by atoms with Crippen molar-refractivity contribution in [3.05, 3.63) is 46.6 Å². The van der Waals surface area contributed by atoms with Crippen molar-refractivity contribution in [1.29, 1.82) is 0 Å². The molecule has 1 aromatic rings. The Balaban J connectivity index is 0.00000192. The number of likely N-dealkylation sites (tertiary alicyclic amines) is 1. The maximum absolute atomic E-state index is 5.98. The van der Waals surface area contributed by atoms with Crippen LogP contribution in [-0.2, 0) is 6.54 Å². The Kier molecular flexibility index (Phi) is 6.16. The average Bonchev–Trinajstić information content (AvgIpc) is 2.52. The van der Waals surface area contributed by atoms with E-state index in [9.17, 15) is 0 Å². The second-order valence-corrected chi connectivity index (χ2v) is 7.53. The van der Waals surface area contributed by atoms with Gasteiger partial charge in [-0.25, -0.2) is 4.58 Å². The number of hydrogen-bond acceptors (Lipinski definition) is 1. The molecule has 0 spiro atoms. The van der Waals surface area contributed by atoms with Crippen molar-refractivity contribution >= 4 is 17.8 Å². The maximum Gasteiger partial charge on any atom is 0.168 e. The number of benzene rings is 1. The van der Waals surface area contributed by atoms with Crippen molar-refractivity contribution in [2.45, 2.75) is 51.6 Å². The molecule has 0 N–H and O–H groups in total. The summed E-state index contributed by atoms with van der Waals surface area (Å²) in [6.45, 7) is 8.08. The third kappa shape index (κ3) is 4.51. The third-order valence-electron chi connectivity index (χ3n) is 4.87. The lowest BCUT2D eigenvalue weighted by atomic mass is 9.92. The van der Waals surface area contributed by atoms with E-state index in [0.29, 0.717) is 0 Å². The second kappa shape index (κ2) is 7.72. The van der Waals surface area contributed by atoms with Crippen LogP contribution in [0, 0.1) is 0 Å². The lowest BCUT2D eigenvalue weighted by molar-refractivity contribution is -0.612. The molecule has 0 amide bonds. The van der Waals surface area contributed by atoms with Gasteiger partial charge in [-0.15, -0.1) is 0 Å². The van der Waals surface area contributed by atoms with E-state index in [1.807, 2.05) is 12.1 Å². The Labute approximate surface area is 151 Å². The summed E-state index contributed by atoms with van der Waals surface area (Å²) in [5.74, 6) is 0. The molecule has 2 aliphatic rings. The van der Waals surface area contributed by atoms with Crippen LogP contribution in [0.2, 0.25) is 5.02 Å². The first-order chi connectivity index (χ1) is 10.5. The molecule has 2 aliphatic heterocycles. The van der Waals surface area contributed by atoms with Crippen LogP contribution in [0.15, 0.2) is 36.0 Å². The van der Waals surface area contributed by atoms with Crippen molar-refractivity contribution in [2.75, 3.05) is 13.1 Å². The summed E-state index contributed by atoms with van der Waals surface area (Å²) >= 11 is 5.98. The molecular formula is C19H26Cl2N2. The number of nitrogens with zero attached hydrogens (tertiary/aromatic N) is 2. The van der Waals surface area contributed by atoms with Gasteiger partial charge in [0.2, 0.25) is 0 Å². The Morgan fingerprint density at radius 3 is 2.35 bits per heavy atom. The van der Waals surface area contributed by atoms with Crippen LogP contribution in [0.25, 0.3) is 0 Å². The van der Waals surface area contributed by atoms with Crippen molar-refractivity contribution in [3.63, 3.8) is 0 Å². The minimum atomic E-state index is 0. The molecule has 0 unspecified atom stereocenters. The molecule has 1 aromatic carbocycles. The van der Waals surface area contributed by atoms with Crippen molar-refractivity contribution in [1.82, 2.24) is 4.90 Å². The number of halogens is 2. The van der Waals surface area contributed by atoms with Gasteiger partial charge in [-0.05, 0) is 31.4 Å². The van der Waals surface area contributed by atoms with Gasteiger partial charge in [0.15, 0.2) is 18.3 Å². The van der Waals surface area contributed by atoms with Crippen molar-refractivity contribution < 1.29 is 17.0 Å². The van der Waals surface area contributed by atoms with E-state index in [2.05, 4.69) is 47.7 Å². The van der Waals surface area contributed by atoms with E-state index in [1.165, 1.54) is 43.6 Å². The Morgan fingerprint density at radius 2 is 1.74 bits per heavy atom. The summed E-state index contributed by atoms with van der Waals surface area (Å²) in [5, 5.41) is 0.804. The average molecular weight is 353 g/mol. The van der Waals surface area contributed by atoms with Crippen LogP contribution in [-0.4, -0.2) is 34.3 Å². The molecule has 4 heteroatoms. The highest BCUT2D eigenvalue weighted by atomic mass is 35.5. The Morgan fingerprint density at radius 1 is 1.09 bits per heavy atom. The summed E-state index contributed by atoms with van der Waals surface area (Å²) < 4.78 is 2.45. The lowest BCUT2D eigenvalue weighted by Crippen LogP contribution is -3.00. The molecule has 0 saturated carbocycles. The first-order valence-electron chi connectivity index (χ1n) is 8.35. The van der Waals surface area contributed by atoms with Gasteiger partial charge in [-0.1, -0.05) is 23.7 Å². The fourth-order valence-electron chi connectivity index (χ4n) is 3.43. The molecule has 3 rings (SSSR count). The lowest BCUT2D eigenvalue weighted by Gasteiger charge is -2.36. The SMILES string of the molecule is CC1(C)CC(N2CCCCC2)=CC=[N+]1Cc1ccc(Cl)cc1.[Cl-]. The summed E-state index contributed by atoms with van der Waals surface area (Å²) in [6.07, 6.45) is 9.80. The van der Waals surface area contributed by atoms with Gasteiger partial charge >= 0.3 is 0 Å². The molecule has 0 aliphatic carbocycles. The molecule has 1 fully saturated rings. The summed E-state index contributed by atoms with van der Waals surface area (Å²) in [7, 11) is 0. The van der Waals surface area contributed by atoms with E-state index >= 15 is 0 Å². The molecule has 126 valence electrons. The zero-order valence-electron chi connectivity index (χ0n) is 14.1. The van der Waals surface area contributed by atoms with E-state index in [0.717, 1.165) is 18.0 Å². The highest BCUT2D eigenvalue weighted by molar-refractivity contribution is 6.30. The van der Waals surface area contributed by atoms with Crippen molar-refractivity contribution in [2.24, 2.45) is 0 Å². The van der Waals surface area contributed by atoms with Crippen LogP contribution in [0.3, 0.4) is 0 Å². The van der Waals surface area contributed by atoms with E-state index < -0.39 is 0 Å². The quantitative estimate of drug-likeness (QED) is 0.746. The molecule has 2 nitrogen and oxygen atoms in total. The van der Waals surface area contributed by atoms with E-state index in [4.69, 9.17) is 11.6 Å². The fourth-order valence-corrected chi connectivity index (χ4v) is 3.56. The van der Waals surface area contributed by atoms with Crippen LogP contribution in [0.1, 0.15) is 45.1 Å². The van der Waals surface area contributed by atoms with Crippen LogP contribution >= 0.6 is 11.6 Å². The first-order valence-corrected chi connectivity index (χ1v) is 8.73. The normalized spacial score (nSPS) is 20.4.